The molecule has 0 aliphatic carbocycles. The molecule has 0 spiro atoms. The van der Waals surface area contributed by atoms with E-state index in [0.717, 1.165) is 0 Å². The van der Waals surface area contributed by atoms with Crippen LogP contribution >= 0.6 is 7.82 Å². The second-order valence-electron chi connectivity index (χ2n) is 1.27. The van der Waals surface area contributed by atoms with Gasteiger partial charge in [-0.15, -0.1) is 0 Å². The summed E-state index contributed by atoms with van der Waals surface area (Å²) in [7, 11) is -5.35. The first kappa shape index (κ1) is 9.16. The molecule has 0 aromatic heterocycles. The molecule has 0 radical (unpaired) electrons. The maximum atomic E-state index is 10.0. The summed E-state index contributed by atoms with van der Waals surface area (Å²) < 4.78 is 12.8. The van der Waals surface area contributed by atoms with E-state index in [0.29, 0.717) is 0 Å². The van der Waals surface area contributed by atoms with Crippen molar-refractivity contribution in [2.24, 2.45) is 0 Å². The molecule has 7 heteroatoms. The van der Waals surface area contributed by atoms with Crippen molar-refractivity contribution in [3.05, 3.63) is 12.3 Å². The molecule has 6 nitrogen and oxygen atoms in total. The summed E-state index contributed by atoms with van der Waals surface area (Å²) in [4.78, 5) is 29.3. The van der Waals surface area contributed by atoms with Gasteiger partial charge in [-0.1, -0.05) is 0 Å². The number of carbonyl (C=O) groups is 1. The number of aliphatic hydroxyl groups is 1. The summed E-state index contributed by atoms with van der Waals surface area (Å²) in [6, 6.07) is 0. The summed E-state index contributed by atoms with van der Waals surface area (Å²) in [6.45, 7) is 2.62. The van der Waals surface area contributed by atoms with E-state index in [-0.39, 0.29) is 0 Å². The average molecular weight is 166 g/mol. The predicted octanol–water partition coefficient (Wildman–Crippen LogP) is -1.57. The molecule has 0 unspecified atom stereocenters. The third kappa shape index (κ3) is 4.08. The van der Waals surface area contributed by atoms with Crippen LogP contribution < -0.4 is 9.79 Å². The Labute approximate surface area is 56.0 Å². The molecule has 0 heterocycles. The number of rotatable bonds is 2. The lowest BCUT2D eigenvalue weighted by atomic mass is 10.6. The molecule has 10 heavy (non-hydrogen) atoms. The fourth-order valence-electron chi connectivity index (χ4n) is 0.154. The first-order chi connectivity index (χ1) is 4.33. The Kier molecular flexibility index (Phi) is 2.59. The molecule has 0 aliphatic rings. The first-order valence-corrected chi connectivity index (χ1v) is 3.43. The van der Waals surface area contributed by atoms with E-state index < -0.39 is 19.6 Å². The average Bonchev–Trinajstić information content (AvgIpc) is 1.60. The topological polar surface area (TPSA) is 110 Å². The second kappa shape index (κ2) is 2.83. The molecule has 0 amide bonds. The third-order valence-corrected chi connectivity index (χ3v) is 0.820. The van der Waals surface area contributed by atoms with Crippen LogP contribution in [-0.4, -0.2) is 11.1 Å². The summed E-state index contributed by atoms with van der Waals surface area (Å²) in [6.07, 6.45) is 0. The van der Waals surface area contributed by atoms with E-state index >= 15 is 0 Å². The number of phosphoric acid groups is 1. The van der Waals surface area contributed by atoms with Crippen LogP contribution in [0.1, 0.15) is 0 Å². The van der Waals surface area contributed by atoms with Crippen LogP contribution in [0.5, 0.6) is 0 Å². The molecule has 0 aromatic carbocycles. The van der Waals surface area contributed by atoms with Gasteiger partial charge in [0, 0.05) is 0 Å². The van der Waals surface area contributed by atoms with Crippen LogP contribution in [-0.2, 0) is 13.9 Å². The Hall–Kier alpha value is -0.840. The van der Waals surface area contributed by atoms with Gasteiger partial charge in [0.1, 0.15) is 7.82 Å². The molecule has 0 fully saturated rings. The van der Waals surface area contributed by atoms with E-state index in [1.165, 1.54) is 0 Å². The molecule has 0 bridgehead atoms. The highest BCUT2D eigenvalue weighted by atomic mass is 31.2. The minimum Gasteiger partial charge on any atom is -0.780 e. The monoisotopic (exact) mass is 166 g/mol. The predicted molar refractivity (Wildman–Crippen MR) is 25.5 cm³/mol. The van der Waals surface area contributed by atoms with E-state index in [9.17, 15) is 19.1 Å². The van der Waals surface area contributed by atoms with Crippen molar-refractivity contribution >= 4 is 13.8 Å². The van der Waals surface area contributed by atoms with E-state index in [1.54, 1.807) is 0 Å². The summed E-state index contributed by atoms with van der Waals surface area (Å²) >= 11 is 0. The fourth-order valence-corrected chi connectivity index (χ4v) is 0.463. The van der Waals surface area contributed by atoms with Crippen molar-refractivity contribution < 1.29 is 28.8 Å². The van der Waals surface area contributed by atoms with Gasteiger partial charge in [-0.05, 0) is 6.58 Å². The van der Waals surface area contributed by atoms with Crippen molar-refractivity contribution in [1.82, 2.24) is 0 Å². The van der Waals surface area contributed by atoms with Gasteiger partial charge in [-0.3, -0.25) is 0 Å². The Balaban J connectivity index is 4.07. The van der Waals surface area contributed by atoms with E-state index in [4.69, 9.17) is 5.11 Å². The summed E-state index contributed by atoms with van der Waals surface area (Å²) in [5.41, 5.74) is 0. The SMILES string of the molecule is C=C(O)C(=O)OP(=O)([O-])[O-]. The molecule has 1 N–H and O–H groups in total. The Morgan fingerprint density at radius 1 is 1.60 bits per heavy atom. The summed E-state index contributed by atoms with van der Waals surface area (Å²) in [5.74, 6) is -2.79. The van der Waals surface area contributed by atoms with Crippen LogP contribution in [0.25, 0.3) is 0 Å². The number of hydrogen-bond acceptors (Lipinski definition) is 6. The van der Waals surface area contributed by atoms with Crippen molar-refractivity contribution in [2.45, 2.75) is 0 Å². The van der Waals surface area contributed by atoms with Gasteiger partial charge in [-0.25, -0.2) is 4.79 Å². The molecule has 0 aliphatic heterocycles. The fraction of sp³-hybridized carbons (Fsp3) is 0. The van der Waals surface area contributed by atoms with E-state index in [1.807, 2.05) is 0 Å². The molecule has 0 rings (SSSR count). The quantitative estimate of drug-likeness (QED) is 0.301. The first-order valence-electron chi connectivity index (χ1n) is 1.97. The highest BCUT2D eigenvalue weighted by Crippen LogP contribution is 2.25. The van der Waals surface area contributed by atoms with Crippen molar-refractivity contribution in [3.8, 4) is 0 Å². The zero-order chi connectivity index (χ0) is 8.36. The number of hydrogen-bond donors (Lipinski definition) is 1. The lowest BCUT2D eigenvalue weighted by molar-refractivity contribution is -0.337. The maximum Gasteiger partial charge on any atom is 0.376 e. The van der Waals surface area contributed by atoms with Crippen molar-refractivity contribution in [2.75, 3.05) is 0 Å². The lowest BCUT2D eigenvalue weighted by Gasteiger charge is -2.26. The molecule has 58 valence electrons. The number of aliphatic hydroxyl groups excluding tert-OH is 1. The second-order valence-corrected chi connectivity index (χ2v) is 2.35. The van der Waals surface area contributed by atoms with Gasteiger partial charge < -0.3 is 24.0 Å². The standard InChI is InChI=1S/C3H5O6P/c1-2(4)3(5)9-10(6,7)8/h4H,1H2,(H2,6,7,8)/p-2. The van der Waals surface area contributed by atoms with Crippen LogP contribution in [0.2, 0.25) is 0 Å². The lowest BCUT2D eigenvalue weighted by Crippen LogP contribution is -2.20. The van der Waals surface area contributed by atoms with Crippen molar-refractivity contribution in [1.29, 1.82) is 0 Å². The molecular formula is C3H3O6P-2. The molecular weight excluding hydrogens is 163 g/mol. The van der Waals surface area contributed by atoms with Crippen LogP contribution in [0, 0.1) is 0 Å². The van der Waals surface area contributed by atoms with Crippen molar-refractivity contribution in [3.63, 3.8) is 0 Å². The smallest absolute Gasteiger partial charge is 0.376 e. The minimum absolute atomic E-state index is 1.13. The third-order valence-electron chi connectivity index (χ3n) is 0.430. The normalized spacial score (nSPS) is 10.6. The largest absolute Gasteiger partial charge is 0.780 e. The van der Waals surface area contributed by atoms with Gasteiger partial charge in [0.2, 0.25) is 0 Å². The van der Waals surface area contributed by atoms with Gasteiger partial charge in [-0.2, -0.15) is 0 Å². The van der Waals surface area contributed by atoms with Crippen LogP contribution in [0.3, 0.4) is 0 Å². The highest BCUT2D eigenvalue weighted by molar-refractivity contribution is 7.43. The van der Waals surface area contributed by atoms with Crippen LogP contribution in [0.4, 0.5) is 0 Å². The van der Waals surface area contributed by atoms with Crippen LogP contribution in [0.15, 0.2) is 12.3 Å². The number of carbonyl (C=O) groups excluding carboxylic acids is 1. The Bertz CT molecular complexity index is 201. The minimum atomic E-state index is -5.35. The zero-order valence-electron chi connectivity index (χ0n) is 4.64. The molecule has 0 aromatic rings. The Morgan fingerprint density at radius 3 is 2.10 bits per heavy atom. The Morgan fingerprint density at radius 2 is 2.00 bits per heavy atom. The molecule has 0 saturated heterocycles. The number of phosphoric ester groups is 1. The maximum absolute atomic E-state index is 10.0. The van der Waals surface area contributed by atoms with Gasteiger partial charge >= 0.3 is 5.97 Å². The van der Waals surface area contributed by atoms with Gasteiger partial charge in [0.25, 0.3) is 0 Å². The summed E-state index contributed by atoms with van der Waals surface area (Å²) in [5, 5.41) is 8.12. The highest BCUT2D eigenvalue weighted by Gasteiger charge is 2.06. The zero-order valence-corrected chi connectivity index (χ0v) is 5.54. The van der Waals surface area contributed by atoms with E-state index in [2.05, 4.69) is 11.1 Å². The van der Waals surface area contributed by atoms with Gasteiger partial charge in [0.05, 0.1) is 0 Å². The molecule has 0 atom stereocenters. The molecule has 0 saturated carbocycles. The van der Waals surface area contributed by atoms with Gasteiger partial charge in [0.15, 0.2) is 5.76 Å².